The molecule has 0 aromatic heterocycles. The second-order valence-corrected chi connectivity index (χ2v) is 10.0. The number of carbonyl (C=O) groups is 1. The SMILES string of the molecule is C=CN=C(C1=C(N)[C@@H](F)CC1C)N1CCN(C(=O)[C@H](CNC(C)C)c2ccc(Cl)c(Cl)c2)CC1. The molecule has 0 spiro atoms. The highest BCUT2D eigenvalue weighted by atomic mass is 35.5. The largest absolute Gasteiger partial charge is 0.399 e. The molecule has 1 amide bonds. The number of carbonyl (C=O) groups excluding carboxylic acids is 1. The zero-order valence-corrected chi connectivity index (χ0v) is 21.5. The fourth-order valence-corrected chi connectivity index (χ4v) is 4.86. The van der Waals surface area contributed by atoms with E-state index in [1.807, 2.05) is 31.7 Å². The van der Waals surface area contributed by atoms with Gasteiger partial charge in [-0.1, -0.05) is 56.6 Å². The Morgan fingerprint density at radius 1 is 1.26 bits per heavy atom. The number of allylic oxidation sites excluding steroid dienone is 1. The first-order valence-corrected chi connectivity index (χ1v) is 12.4. The van der Waals surface area contributed by atoms with E-state index in [4.69, 9.17) is 28.9 Å². The first kappa shape index (κ1) is 26.5. The van der Waals surface area contributed by atoms with E-state index in [0.717, 1.165) is 11.1 Å². The monoisotopic (exact) mass is 509 g/mol. The minimum Gasteiger partial charge on any atom is -0.399 e. The summed E-state index contributed by atoms with van der Waals surface area (Å²) in [5.74, 6) is 0.292. The van der Waals surface area contributed by atoms with Crippen molar-refractivity contribution in [2.75, 3.05) is 32.7 Å². The van der Waals surface area contributed by atoms with Crippen LogP contribution in [0.4, 0.5) is 4.39 Å². The van der Waals surface area contributed by atoms with Crippen molar-refractivity contribution in [2.45, 2.75) is 45.3 Å². The molecule has 0 radical (unpaired) electrons. The van der Waals surface area contributed by atoms with Gasteiger partial charge in [-0.25, -0.2) is 9.38 Å². The number of hydrogen-bond donors (Lipinski definition) is 2. The Labute approximate surface area is 211 Å². The first-order chi connectivity index (χ1) is 16.1. The number of halogens is 3. The molecule has 1 aromatic carbocycles. The van der Waals surface area contributed by atoms with Crippen LogP contribution in [0.25, 0.3) is 0 Å². The van der Waals surface area contributed by atoms with Crippen molar-refractivity contribution >= 4 is 34.9 Å². The van der Waals surface area contributed by atoms with E-state index in [1.54, 1.807) is 12.1 Å². The summed E-state index contributed by atoms with van der Waals surface area (Å²) in [5.41, 5.74) is 7.92. The lowest BCUT2D eigenvalue weighted by Gasteiger charge is -2.39. The van der Waals surface area contributed by atoms with E-state index in [1.165, 1.54) is 6.20 Å². The van der Waals surface area contributed by atoms with Gasteiger partial charge in [0.15, 0.2) is 0 Å². The second kappa shape index (κ2) is 11.6. The lowest BCUT2D eigenvalue weighted by molar-refractivity contribution is -0.134. The predicted molar refractivity (Wildman–Crippen MR) is 138 cm³/mol. The fourth-order valence-electron chi connectivity index (χ4n) is 4.56. The molecule has 1 heterocycles. The minimum atomic E-state index is -1.15. The average Bonchev–Trinajstić information content (AvgIpc) is 3.05. The Morgan fingerprint density at radius 2 is 1.91 bits per heavy atom. The topological polar surface area (TPSA) is 74.0 Å². The standard InChI is InChI=1S/C25H34Cl2FN5O/c1-5-30-24(22-16(4)12-21(28)23(22)29)32-8-10-33(11-9-32)25(34)18(14-31-15(2)3)17-6-7-19(26)20(27)13-17/h5-7,13,15-16,18,21,31H,1,8-12,14,29H2,2-4H3/t16?,18-,21+/m1/s1. The second-order valence-electron chi connectivity index (χ2n) is 9.21. The van der Waals surface area contributed by atoms with E-state index >= 15 is 0 Å². The van der Waals surface area contributed by atoms with Gasteiger partial charge in [-0.05, 0) is 30.0 Å². The van der Waals surface area contributed by atoms with Crippen LogP contribution in [0.5, 0.6) is 0 Å². The summed E-state index contributed by atoms with van der Waals surface area (Å²) in [7, 11) is 0. The van der Waals surface area contributed by atoms with Crippen molar-refractivity contribution in [3.8, 4) is 0 Å². The fraction of sp³-hybridized carbons (Fsp3) is 0.520. The van der Waals surface area contributed by atoms with E-state index in [-0.39, 0.29) is 29.5 Å². The van der Waals surface area contributed by atoms with Crippen LogP contribution in [0.3, 0.4) is 0 Å². The molecular formula is C25H34Cl2FN5O. The highest BCUT2D eigenvalue weighted by molar-refractivity contribution is 6.42. The van der Waals surface area contributed by atoms with Crippen molar-refractivity contribution in [3.63, 3.8) is 0 Å². The molecule has 3 N–H and O–H groups in total. The highest BCUT2D eigenvalue weighted by Gasteiger charge is 2.36. The third kappa shape index (κ3) is 5.93. The van der Waals surface area contributed by atoms with Crippen molar-refractivity contribution in [1.82, 2.24) is 15.1 Å². The van der Waals surface area contributed by atoms with Gasteiger partial charge in [-0.2, -0.15) is 0 Å². The minimum absolute atomic E-state index is 0.0190. The van der Waals surface area contributed by atoms with E-state index in [2.05, 4.69) is 21.8 Å². The zero-order valence-electron chi connectivity index (χ0n) is 20.0. The van der Waals surface area contributed by atoms with Gasteiger partial charge in [0.05, 0.1) is 21.7 Å². The highest BCUT2D eigenvalue weighted by Crippen LogP contribution is 2.34. The normalized spacial score (nSPS) is 22.5. The van der Waals surface area contributed by atoms with Gasteiger partial charge in [0, 0.05) is 50.5 Å². The number of aliphatic imine (C=N–C) groups is 1. The van der Waals surface area contributed by atoms with Gasteiger partial charge >= 0.3 is 0 Å². The molecule has 1 unspecified atom stereocenters. The predicted octanol–water partition coefficient (Wildman–Crippen LogP) is 4.35. The van der Waals surface area contributed by atoms with Gasteiger partial charge in [0.2, 0.25) is 5.91 Å². The van der Waals surface area contributed by atoms with Crippen LogP contribution in [0.2, 0.25) is 10.0 Å². The van der Waals surface area contributed by atoms with Crippen LogP contribution in [-0.4, -0.2) is 66.5 Å². The zero-order chi connectivity index (χ0) is 25.0. The molecule has 186 valence electrons. The summed E-state index contributed by atoms with van der Waals surface area (Å²) >= 11 is 12.3. The lowest BCUT2D eigenvalue weighted by atomic mass is 9.96. The number of benzene rings is 1. The number of rotatable bonds is 7. The molecule has 1 fully saturated rings. The van der Waals surface area contributed by atoms with Gasteiger partial charge in [-0.3, -0.25) is 4.79 Å². The van der Waals surface area contributed by atoms with Crippen LogP contribution >= 0.6 is 23.2 Å². The summed E-state index contributed by atoms with van der Waals surface area (Å²) in [4.78, 5) is 22.0. The lowest BCUT2D eigenvalue weighted by Crippen LogP contribution is -2.53. The quantitative estimate of drug-likeness (QED) is 0.423. The van der Waals surface area contributed by atoms with Gasteiger partial charge < -0.3 is 20.9 Å². The van der Waals surface area contributed by atoms with Crippen molar-refractivity contribution in [3.05, 3.63) is 57.9 Å². The summed E-state index contributed by atoms with van der Waals surface area (Å²) in [6.45, 7) is 12.5. The molecule has 1 aromatic rings. The van der Waals surface area contributed by atoms with Crippen LogP contribution < -0.4 is 11.1 Å². The summed E-state index contributed by atoms with van der Waals surface area (Å²) in [6.07, 6.45) is 0.677. The number of nitrogens with zero attached hydrogens (tertiary/aromatic N) is 3. The summed E-state index contributed by atoms with van der Waals surface area (Å²) in [6, 6.07) is 5.58. The van der Waals surface area contributed by atoms with E-state index < -0.39 is 6.17 Å². The Hall–Kier alpha value is -2.09. The van der Waals surface area contributed by atoms with Crippen molar-refractivity contribution in [1.29, 1.82) is 0 Å². The summed E-state index contributed by atoms with van der Waals surface area (Å²) < 4.78 is 14.2. The number of piperazine rings is 1. The molecule has 6 nitrogen and oxygen atoms in total. The molecule has 1 aliphatic carbocycles. The molecular weight excluding hydrogens is 476 g/mol. The molecule has 9 heteroatoms. The summed E-state index contributed by atoms with van der Waals surface area (Å²) in [5, 5.41) is 4.26. The Morgan fingerprint density at radius 3 is 2.44 bits per heavy atom. The number of nitrogens with one attached hydrogen (secondary N) is 1. The Bertz CT molecular complexity index is 972. The van der Waals surface area contributed by atoms with Crippen molar-refractivity contribution in [2.24, 2.45) is 16.6 Å². The van der Waals surface area contributed by atoms with Gasteiger partial charge in [0.1, 0.15) is 12.0 Å². The maximum Gasteiger partial charge on any atom is 0.231 e. The third-order valence-electron chi connectivity index (χ3n) is 6.42. The Balaban J connectivity index is 1.76. The molecule has 1 saturated heterocycles. The molecule has 3 atom stereocenters. The number of amides is 1. The number of amidine groups is 1. The van der Waals surface area contributed by atoms with Crippen LogP contribution in [0.1, 0.15) is 38.7 Å². The van der Waals surface area contributed by atoms with Gasteiger partial charge in [-0.15, -0.1) is 0 Å². The maximum atomic E-state index is 14.2. The average molecular weight is 510 g/mol. The third-order valence-corrected chi connectivity index (χ3v) is 7.16. The number of nitrogens with two attached hydrogens (primary N) is 1. The molecule has 34 heavy (non-hydrogen) atoms. The van der Waals surface area contributed by atoms with E-state index in [9.17, 15) is 9.18 Å². The van der Waals surface area contributed by atoms with Crippen LogP contribution in [-0.2, 0) is 4.79 Å². The number of alkyl halides is 1. The maximum absolute atomic E-state index is 14.2. The molecule has 1 aliphatic heterocycles. The smallest absolute Gasteiger partial charge is 0.231 e. The van der Waals surface area contributed by atoms with Crippen LogP contribution in [0.15, 0.2) is 47.2 Å². The van der Waals surface area contributed by atoms with Gasteiger partial charge in [0.25, 0.3) is 0 Å². The molecule has 0 bridgehead atoms. The number of hydrogen-bond acceptors (Lipinski definition) is 4. The van der Waals surface area contributed by atoms with E-state index in [0.29, 0.717) is 55.0 Å². The first-order valence-electron chi connectivity index (χ1n) is 11.7. The van der Waals surface area contributed by atoms with Crippen LogP contribution in [0, 0.1) is 5.92 Å². The Kier molecular flexibility index (Phi) is 9.01. The molecule has 3 rings (SSSR count). The van der Waals surface area contributed by atoms with Crippen molar-refractivity contribution < 1.29 is 9.18 Å². The molecule has 2 aliphatic rings. The molecule has 0 saturated carbocycles.